The van der Waals surface area contributed by atoms with E-state index < -0.39 is 0 Å². The van der Waals surface area contributed by atoms with E-state index in [4.69, 9.17) is 0 Å². The van der Waals surface area contributed by atoms with Crippen LogP contribution < -0.4 is 10.6 Å². The topological polar surface area (TPSA) is 58.2 Å². The van der Waals surface area contributed by atoms with Gasteiger partial charge in [0.05, 0.1) is 10.7 Å². The van der Waals surface area contributed by atoms with Gasteiger partial charge in [0.25, 0.3) is 0 Å². The van der Waals surface area contributed by atoms with Gasteiger partial charge in [0.2, 0.25) is 11.8 Å². The fourth-order valence-electron chi connectivity index (χ4n) is 10.4. The molecule has 5 heteroatoms. The smallest absolute Gasteiger partial charge is 0.227 e. The summed E-state index contributed by atoms with van der Waals surface area (Å²) in [5, 5.41) is 7.32. The van der Waals surface area contributed by atoms with Crippen LogP contribution in [0.2, 0.25) is 0 Å². The van der Waals surface area contributed by atoms with Gasteiger partial charge in [0.1, 0.15) is 0 Å². The highest BCUT2D eigenvalue weighted by Crippen LogP contribution is 2.61. The van der Waals surface area contributed by atoms with Crippen molar-refractivity contribution in [3.63, 3.8) is 0 Å². The number of thioether (sulfide) groups is 1. The summed E-state index contributed by atoms with van der Waals surface area (Å²) < 4.78 is 0. The van der Waals surface area contributed by atoms with E-state index in [1.54, 1.807) is 0 Å². The molecule has 0 aromatic heterocycles. The Morgan fingerprint density at radius 1 is 0.562 bits per heavy atom. The summed E-state index contributed by atoms with van der Waals surface area (Å²) in [5.41, 5.74) is -0.130. The lowest BCUT2D eigenvalue weighted by atomic mass is 9.49. The minimum atomic E-state index is -0.0648. The first-order valence-corrected chi connectivity index (χ1v) is 14.7. The Balaban J connectivity index is 0.985. The maximum Gasteiger partial charge on any atom is 0.227 e. The molecule has 1 heterocycles. The van der Waals surface area contributed by atoms with E-state index in [1.807, 2.05) is 11.8 Å². The molecule has 9 fully saturated rings. The van der Waals surface area contributed by atoms with Crippen LogP contribution in [0.15, 0.2) is 0 Å². The zero-order chi connectivity index (χ0) is 21.5. The van der Waals surface area contributed by atoms with Crippen LogP contribution in [0.3, 0.4) is 0 Å². The van der Waals surface area contributed by atoms with Crippen molar-refractivity contribution in [1.82, 2.24) is 10.6 Å². The molecule has 2 N–H and O–H groups in total. The second-order valence-electron chi connectivity index (χ2n) is 13.4. The molecule has 0 aromatic carbocycles. The molecule has 176 valence electrons. The zero-order valence-electron chi connectivity index (χ0n) is 19.5. The molecule has 1 aliphatic heterocycles. The minimum absolute atomic E-state index is 0.0648. The van der Waals surface area contributed by atoms with Crippen molar-refractivity contribution in [1.29, 1.82) is 0 Å². The highest BCUT2D eigenvalue weighted by Gasteiger charge is 2.56. The molecule has 2 atom stereocenters. The van der Waals surface area contributed by atoms with Crippen molar-refractivity contribution < 1.29 is 9.59 Å². The number of nitrogens with one attached hydrogen (secondary N) is 2. The lowest BCUT2D eigenvalue weighted by Gasteiger charge is -2.56. The summed E-state index contributed by atoms with van der Waals surface area (Å²) in [5.74, 6) is 5.52. The number of carbonyl (C=O) groups excluding carboxylic acids is 2. The fourth-order valence-corrected chi connectivity index (χ4v) is 11.8. The summed E-state index contributed by atoms with van der Waals surface area (Å²) in [6.45, 7) is 0. The molecule has 0 aromatic rings. The quantitative estimate of drug-likeness (QED) is 0.610. The first-order valence-electron chi connectivity index (χ1n) is 13.7. The van der Waals surface area contributed by atoms with Gasteiger partial charge in [-0.25, -0.2) is 0 Å². The molecular formula is C27H40N2O2S. The number of carbonyl (C=O) groups is 2. The third-order valence-electron chi connectivity index (χ3n) is 10.9. The number of rotatable bonds is 4. The Morgan fingerprint density at radius 2 is 0.875 bits per heavy atom. The first-order chi connectivity index (χ1) is 15.5. The average Bonchev–Trinajstić information content (AvgIpc) is 2.72. The van der Waals surface area contributed by atoms with Crippen molar-refractivity contribution in [3.8, 4) is 0 Å². The summed E-state index contributed by atoms with van der Waals surface area (Å²) in [6, 6.07) is 0. The SMILES string of the molecule is O=C(NC1CCCC(NC(=O)C23CC4CC(CC(C4)C2)C3)S1)C12CC3CC(CC(C3)C1)C2. The number of amides is 2. The van der Waals surface area contributed by atoms with Gasteiger partial charge in [-0.2, -0.15) is 0 Å². The minimum Gasteiger partial charge on any atom is -0.344 e. The predicted molar refractivity (Wildman–Crippen MR) is 127 cm³/mol. The molecule has 0 radical (unpaired) electrons. The second-order valence-corrected chi connectivity index (χ2v) is 14.8. The van der Waals surface area contributed by atoms with E-state index in [2.05, 4.69) is 10.6 Å². The van der Waals surface area contributed by atoms with E-state index >= 15 is 0 Å². The molecule has 4 nitrogen and oxygen atoms in total. The van der Waals surface area contributed by atoms with Crippen LogP contribution in [-0.2, 0) is 9.59 Å². The summed E-state index contributed by atoms with van der Waals surface area (Å²) in [6.07, 6.45) is 18.3. The van der Waals surface area contributed by atoms with Gasteiger partial charge in [0, 0.05) is 10.8 Å². The van der Waals surface area contributed by atoms with Crippen molar-refractivity contribution in [2.45, 2.75) is 107 Å². The average molecular weight is 457 g/mol. The number of hydrogen-bond donors (Lipinski definition) is 2. The lowest BCUT2D eigenvalue weighted by Crippen LogP contribution is -2.56. The van der Waals surface area contributed by atoms with Crippen molar-refractivity contribution in [2.75, 3.05) is 0 Å². The number of hydrogen-bond acceptors (Lipinski definition) is 3. The monoisotopic (exact) mass is 456 g/mol. The van der Waals surface area contributed by atoms with E-state index in [1.165, 1.54) is 38.5 Å². The molecular weight excluding hydrogens is 416 g/mol. The van der Waals surface area contributed by atoms with Crippen molar-refractivity contribution in [2.24, 2.45) is 46.3 Å². The van der Waals surface area contributed by atoms with E-state index in [-0.39, 0.29) is 21.6 Å². The maximum atomic E-state index is 13.5. The summed E-state index contributed by atoms with van der Waals surface area (Å²) >= 11 is 1.83. The summed E-state index contributed by atoms with van der Waals surface area (Å²) in [4.78, 5) is 27.0. The normalized spacial score (nSPS) is 52.8. The Kier molecular flexibility index (Phi) is 4.77. The van der Waals surface area contributed by atoms with E-state index in [9.17, 15) is 9.59 Å². The van der Waals surface area contributed by atoms with Gasteiger partial charge < -0.3 is 10.6 Å². The third-order valence-corrected chi connectivity index (χ3v) is 12.2. The van der Waals surface area contributed by atoms with E-state index in [0.29, 0.717) is 11.8 Å². The largest absolute Gasteiger partial charge is 0.344 e. The molecule has 8 saturated carbocycles. The second kappa shape index (κ2) is 7.39. The Bertz CT molecular complexity index is 675. The lowest BCUT2D eigenvalue weighted by molar-refractivity contribution is -0.146. The van der Waals surface area contributed by atoms with Crippen LogP contribution in [-0.4, -0.2) is 22.6 Å². The molecule has 8 aliphatic carbocycles. The predicted octanol–water partition coefficient (Wildman–Crippen LogP) is 5.22. The van der Waals surface area contributed by atoms with Gasteiger partial charge in [-0.3, -0.25) is 9.59 Å². The van der Waals surface area contributed by atoms with Gasteiger partial charge in [-0.15, -0.1) is 11.8 Å². The molecule has 9 rings (SSSR count). The van der Waals surface area contributed by atoms with Crippen molar-refractivity contribution >= 4 is 23.6 Å². The third kappa shape index (κ3) is 3.38. The summed E-state index contributed by atoms with van der Waals surface area (Å²) in [7, 11) is 0. The van der Waals surface area contributed by atoms with Crippen LogP contribution in [0.1, 0.15) is 96.3 Å². The van der Waals surface area contributed by atoms with Gasteiger partial charge in [-0.05, 0) is 132 Å². The van der Waals surface area contributed by atoms with Crippen molar-refractivity contribution in [3.05, 3.63) is 0 Å². The van der Waals surface area contributed by atoms with Gasteiger partial charge >= 0.3 is 0 Å². The highest BCUT2D eigenvalue weighted by molar-refractivity contribution is 8.00. The maximum absolute atomic E-state index is 13.5. The standard InChI is InChI=1S/C27H40N2O2S/c30-24(26-10-16-4-17(11-26)6-18(5-16)12-26)28-22-2-1-3-23(32-22)29-25(31)27-13-19-7-20(14-27)9-21(8-19)15-27/h16-23H,1-15H2,(H,28,30)(H,29,31). The molecule has 0 spiro atoms. The molecule has 1 saturated heterocycles. The van der Waals surface area contributed by atoms with Crippen LogP contribution in [0.4, 0.5) is 0 Å². The van der Waals surface area contributed by atoms with Gasteiger partial charge in [-0.1, -0.05) is 0 Å². The molecule has 2 amide bonds. The molecule has 32 heavy (non-hydrogen) atoms. The van der Waals surface area contributed by atoms with E-state index in [0.717, 1.165) is 93.3 Å². The van der Waals surface area contributed by atoms with Crippen LogP contribution >= 0.6 is 11.8 Å². The van der Waals surface area contributed by atoms with Crippen LogP contribution in [0.5, 0.6) is 0 Å². The highest BCUT2D eigenvalue weighted by atomic mass is 32.2. The first kappa shape index (κ1) is 20.6. The Hall–Kier alpha value is -0.710. The zero-order valence-corrected chi connectivity index (χ0v) is 20.3. The van der Waals surface area contributed by atoms with Gasteiger partial charge in [0.15, 0.2) is 0 Å². The Labute approximate surface area is 197 Å². The fraction of sp³-hybridized carbons (Fsp3) is 0.926. The Morgan fingerprint density at radius 3 is 1.19 bits per heavy atom. The molecule has 8 bridgehead atoms. The molecule has 9 aliphatic rings. The molecule has 2 unspecified atom stereocenters. The van der Waals surface area contributed by atoms with Crippen LogP contribution in [0, 0.1) is 46.3 Å². The van der Waals surface area contributed by atoms with Crippen LogP contribution in [0.25, 0.3) is 0 Å².